The molecular weight excluding hydrogens is 324 g/mol. The van der Waals surface area contributed by atoms with Crippen LogP contribution in [-0.4, -0.2) is 19.1 Å². The molecule has 0 aliphatic heterocycles. The quantitative estimate of drug-likeness (QED) is 0.619. The number of rotatable bonds is 3. The van der Waals surface area contributed by atoms with Gasteiger partial charge in [-0.05, 0) is 36.4 Å². The van der Waals surface area contributed by atoms with Gasteiger partial charge in [-0.15, -0.1) is 0 Å². The Morgan fingerprint density at radius 2 is 2.04 bits per heavy atom. The van der Waals surface area contributed by atoms with Gasteiger partial charge in [0.15, 0.2) is 0 Å². The molecule has 0 aliphatic carbocycles. The lowest BCUT2D eigenvalue weighted by molar-refractivity contribution is 0.928. The van der Waals surface area contributed by atoms with E-state index in [9.17, 15) is 5.26 Å². The number of nitrogens with two attached hydrogens (primary N) is 1. The summed E-state index contributed by atoms with van der Waals surface area (Å²) in [5.41, 5.74) is 10.7. The normalized spacial score (nSPS) is 10.6. The van der Waals surface area contributed by atoms with Gasteiger partial charge in [0, 0.05) is 43.0 Å². The van der Waals surface area contributed by atoms with Crippen molar-refractivity contribution in [1.29, 1.82) is 5.26 Å². The Labute approximate surface area is 150 Å². The Balaban J connectivity index is 1.94. The van der Waals surface area contributed by atoms with Crippen molar-refractivity contribution in [3.63, 3.8) is 0 Å². The van der Waals surface area contributed by atoms with Gasteiger partial charge in [-0.2, -0.15) is 5.26 Å². The molecule has 6 heteroatoms. The van der Waals surface area contributed by atoms with Gasteiger partial charge in [0.2, 0.25) is 0 Å². The number of hydrogen-bond donors (Lipinski definition) is 1. The molecule has 4 rings (SSSR count). The molecular formula is C20H16N6. The number of nitriles is 1. The lowest BCUT2D eigenvalue weighted by Gasteiger charge is -2.13. The molecule has 4 heterocycles. The minimum absolute atomic E-state index is 0.225. The van der Waals surface area contributed by atoms with Crippen molar-refractivity contribution >= 4 is 5.82 Å². The summed E-state index contributed by atoms with van der Waals surface area (Å²) in [5, 5.41) is 9.63. The Kier molecular flexibility index (Phi) is 3.75. The highest BCUT2D eigenvalue weighted by Gasteiger charge is 2.17. The molecule has 0 amide bonds. The van der Waals surface area contributed by atoms with Crippen LogP contribution in [0.4, 0.5) is 5.82 Å². The van der Waals surface area contributed by atoms with Crippen LogP contribution in [0.25, 0.3) is 28.2 Å². The summed E-state index contributed by atoms with van der Waals surface area (Å²) >= 11 is 0. The van der Waals surface area contributed by atoms with Gasteiger partial charge < -0.3 is 14.9 Å². The van der Waals surface area contributed by atoms with E-state index in [0.29, 0.717) is 5.56 Å². The minimum atomic E-state index is 0.225. The zero-order valence-electron chi connectivity index (χ0n) is 14.2. The van der Waals surface area contributed by atoms with E-state index in [1.165, 1.54) is 0 Å². The summed E-state index contributed by atoms with van der Waals surface area (Å²) in [4.78, 5) is 8.60. The van der Waals surface area contributed by atoms with Gasteiger partial charge in [-0.1, -0.05) is 0 Å². The summed E-state index contributed by atoms with van der Waals surface area (Å²) < 4.78 is 3.93. The largest absolute Gasteiger partial charge is 0.383 e. The van der Waals surface area contributed by atoms with E-state index >= 15 is 0 Å². The molecule has 4 aromatic heterocycles. The number of hydrogen-bond acceptors (Lipinski definition) is 4. The zero-order chi connectivity index (χ0) is 18.1. The van der Waals surface area contributed by atoms with E-state index in [4.69, 9.17) is 5.73 Å². The lowest BCUT2D eigenvalue weighted by atomic mass is 10.0. The molecule has 2 N–H and O–H groups in total. The monoisotopic (exact) mass is 340 g/mol. The molecule has 0 atom stereocenters. The predicted octanol–water partition coefficient (Wildman–Crippen LogP) is 3.39. The van der Waals surface area contributed by atoms with Crippen molar-refractivity contribution < 1.29 is 0 Å². The lowest BCUT2D eigenvalue weighted by Crippen LogP contribution is -2.02. The smallest absolute Gasteiger partial charge is 0.142 e. The molecule has 0 unspecified atom stereocenters. The van der Waals surface area contributed by atoms with Crippen molar-refractivity contribution in [2.45, 2.75) is 0 Å². The molecule has 0 radical (unpaired) electrons. The van der Waals surface area contributed by atoms with Crippen LogP contribution in [0.5, 0.6) is 0 Å². The molecule has 26 heavy (non-hydrogen) atoms. The second-order valence-corrected chi connectivity index (χ2v) is 5.97. The fourth-order valence-electron chi connectivity index (χ4n) is 3.01. The molecule has 0 fully saturated rings. The van der Waals surface area contributed by atoms with E-state index in [1.807, 2.05) is 71.2 Å². The second kappa shape index (κ2) is 6.22. The summed E-state index contributed by atoms with van der Waals surface area (Å²) in [7, 11) is 1.95. The van der Waals surface area contributed by atoms with Gasteiger partial charge >= 0.3 is 0 Å². The average molecular weight is 340 g/mol. The summed E-state index contributed by atoms with van der Waals surface area (Å²) in [6, 6.07) is 13.8. The van der Waals surface area contributed by atoms with E-state index in [-0.39, 0.29) is 5.82 Å². The second-order valence-electron chi connectivity index (χ2n) is 5.97. The highest BCUT2D eigenvalue weighted by Crippen LogP contribution is 2.32. The maximum absolute atomic E-state index is 9.63. The summed E-state index contributed by atoms with van der Waals surface area (Å²) in [6.45, 7) is 0. The van der Waals surface area contributed by atoms with Gasteiger partial charge in [0.1, 0.15) is 17.5 Å². The first-order valence-corrected chi connectivity index (χ1v) is 8.08. The molecule has 0 saturated heterocycles. The Morgan fingerprint density at radius 3 is 2.73 bits per heavy atom. The van der Waals surface area contributed by atoms with Crippen molar-refractivity contribution in [3.05, 3.63) is 72.9 Å². The van der Waals surface area contributed by atoms with E-state index in [2.05, 4.69) is 16.0 Å². The van der Waals surface area contributed by atoms with Crippen LogP contribution < -0.4 is 5.73 Å². The molecule has 0 bridgehead atoms. The van der Waals surface area contributed by atoms with Crippen molar-refractivity contribution in [2.75, 3.05) is 5.73 Å². The molecule has 126 valence electrons. The number of aromatic nitrogens is 4. The highest BCUT2D eigenvalue weighted by atomic mass is 15.0. The van der Waals surface area contributed by atoms with Crippen molar-refractivity contribution in [3.8, 4) is 34.3 Å². The van der Waals surface area contributed by atoms with Crippen molar-refractivity contribution in [2.24, 2.45) is 7.05 Å². The Hall–Kier alpha value is -3.85. The first-order valence-electron chi connectivity index (χ1n) is 8.08. The van der Waals surface area contributed by atoms with Gasteiger partial charge in [-0.3, -0.25) is 4.98 Å². The topological polar surface area (TPSA) is 85.5 Å². The summed E-state index contributed by atoms with van der Waals surface area (Å²) in [6.07, 6.45) is 9.36. The first-order chi connectivity index (χ1) is 12.7. The standard InChI is InChI=1S/C20H16N6/c1-25-9-6-14(13-25)18-10-16(17(11-21)20(22)24-18)19-5-3-8-26(19)15-4-2-7-23-12-15/h2-10,12-13H,1H3,(H2,22,24). The van der Waals surface area contributed by atoms with E-state index < -0.39 is 0 Å². The van der Waals surface area contributed by atoms with Crippen LogP contribution in [0.15, 0.2) is 67.4 Å². The maximum atomic E-state index is 9.63. The third-order valence-electron chi connectivity index (χ3n) is 4.24. The Bertz CT molecular complexity index is 1110. The SMILES string of the molecule is Cn1ccc(-c2cc(-c3cccn3-c3cccnc3)c(C#N)c(N)n2)c1. The number of aryl methyl sites for hydroxylation is 1. The van der Waals surface area contributed by atoms with Gasteiger partial charge in [-0.25, -0.2) is 4.98 Å². The summed E-state index contributed by atoms with van der Waals surface area (Å²) in [5.74, 6) is 0.225. The van der Waals surface area contributed by atoms with Crippen molar-refractivity contribution in [1.82, 2.24) is 19.1 Å². The predicted molar refractivity (Wildman–Crippen MR) is 100 cm³/mol. The van der Waals surface area contributed by atoms with Crippen LogP contribution in [0.2, 0.25) is 0 Å². The zero-order valence-corrected chi connectivity index (χ0v) is 14.2. The van der Waals surface area contributed by atoms with Crippen LogP contribution in [0, 0.1) is 11.3 Å². The number of anilines is 1. The molecule has 0 spiro atoms. The first kappa shape index (κ1) is 15.7. The third kappa shape index (κ3) is 2.62. The molecule has 0 aliphatic rings. The Morgan fingerprint density at radius 1 is 1.15 bits per heavy atom. The van der Waals surface area contributed by atoms with Crippen LogP contribution >= 0.6 is 0 Å². The van der Waals surface area contributed by atoms with E-state index in [0.717, 1.165) is 28.2 Å². The van der Waals surface area contributed by atoms with Crippen LogP contribution in [0.1, 0.15) is 5.56 Å². The maximum Gasteiger partial charge on any atom is 0.142 e. The fourth-order valence-corrected chi connectivity index (χ4v) is 3.01. The highest BCUT2D eigenvalue weighted by molar-refractivity contribution is 5.79. The number of nitrogens with zero attached hydrogens (tertiary/aromatic N) is 5. The van der Waals surface area contributed by atoms with Gasteiger partial charge in [0.25, 0.3) is 0 Å². The molecule has 0 aromatic carbocycles. The number of nitrogen functional groups attached to an aromatic ring is 1. The average Bonchev–Trinajstić information content (AvgIpc) is 3.31. The molecule has 0 saturated carbocycles. The third-order valence-corrected chi connectivity index (χ3v) is 4.24. The number of pyridine rings is 2. The van der Waals surface area contributed by atoms with E-state index in [1.54, 1.807) is 12.4 Å². The minimum Gasteiger partial charge on any atom is -0.383 e. The van der Waals surface area contributed by atoms with Gasteiger partial charge in [0.05, 0.1) is 23.3 Å². The van der Waals surface area contributed by atoms with Crippen LogP contribution in [-0.2, 0) is 7.05 Å². The van der Waals surface area contributed by atoms with Crippen LogP contribution in [0.3, 0.4) is 0 Å². The fraction of sp³-hybridized carbons (Fsp3) is 0.0500. The molecule has 6 nitrogen and oxygen atoms in total. The molecule has 4 aromatic rings.